The molecule has 1 heterocycles. The molecule has 1 amide bonds. The maximum absolute atomic E-state index is 11.5. The van der Waals surface area contributed by atoms with Crippen LogP contribution >= 0.6 is 0 Å². The van der Waals surface area contributed by atoms with Gasteiger partial charge in [-0.2, -0.15) is 0 Å². The number of para-hydroxylation sites is 1. The first-order valence-corrected chi connectivity index (χ1v) is 5.58. The van der Waals surface area contributed by atoms with Crippen molar-refractivity contribution >= 4 is 11.8 Å². The fraction of sp³-hybridized carbons (Fsp3) is 0.417. The third-order valence-electron chi connectivity index (χ3n) is 2.55. The molecule has 0 spiro atoms. The molecule has 1 fully saturated rings. The number of piperidine rings is 1. The molecule has 0 aliphatic carbocycles. The average molecular weight is 220 g/mol. The molecule has 1 atom stereocenters. The summed E-state index contributed by atoms with van der Waals surface area (Å²) in [5, 5.41) is 5.90. The van der Waals surface area contributed by atoms with Crippen LogP contribution in [-0.2, 0) is 4.74 Å². The van der Waals surface area contributed by atoms with Crippen molar-refractivity contribution in [1.82, 2.24) is 5.32 Å². The SMILES string of the molecule is O=C(Nc1ccccc1)OC1CCCNC1. The Morgan fingerprint density at radius 2 is 2.19 bits per heavy atom. The first-order valence-electron chi connectivity index (χ1n) is 5.58. The Balaban J connectivity index is 1.80. The predicted octanol–water partition coefficient (Wildman–Crippen LogP) is 1.99. The number of nitrogens with one attached hydrogen (secondary N) is 2. The highest BCUT2D eigenvalue weighted by atomic mass is 16.6. The molecule has 4 heteroatoms. The second kappa shape index (κ2) is 5.51. The molecule has 0 bridgehead atoms. The van der Waals surface area contributed by atoms with Crippen LogP contribution in [0.3, 0.4) is 0 Å². The van der Waals surface area contributed by atoms with E-state index in [1.165, 1.54) is 0 Å². The van der Waals surface area contributed by atoms with Crippen LogP contribution in [0.15, 0.2) is 30.3 Å². The highest BCUT2D eigenvalue weighted by Crippen LogP contribution is 2.09. The average Bonchev–Trinajstić information content (AvgIpc) is 2.31. The number of anilines is 1. The number of carbonyl (C=O) groups excluding carboxylic acids is 1. The minimum Gasteiger partial charge on any atom is -0.445 e. The summed E-state index contributed by atoms with van der Waals surface area (Å²) >= 11 is 0. The van der Waals surface area contributed by atoms with Gasteiger partial charge >= 0.3 is 6.09 Å². The van der Waals surface area contributed by atoms with Gasteiger partial charge in [-0.1, -0.05) is 18.2 Å². The Morgan fingerprint density at radius 1 is 1.38 bits per heavy atom. The fourth-order valence-corrected chi connectivity index (χ4v) is 1.74. The molecule has 1 aromatic carbocycles. The van der Waals surface area contributed by atoms with Crippen LogP contribution in [0.4, 0.5) is 10.5 Å². The third-order valence-corrected chi connectivity index (χ3v) is 2.55. The van der Waals surface area contributed by atoms with E-state index in [0.717, 1.165) is 31.6 Å². The molecule has 86 valence electrons. The lowest BCUT2D eigenvalue weighted by molar-refractivity contribution is 0.0941. The van der Waals surface area contributed by atoms with E-state index in [4.69, 9.17) is 4.74 Å². The van der Waals surface area contributed by atoms with Gasteiger partial charge in [0.25, 0.3) is 0 Å². The van der Waals surface area contributed by atoms with Crippen molar-refractivity contribution in [1.29, 1.82) is 0 Å². The van der Waals surface area contributed by atoms with Crippen LogP contribution in [0.1, 0.15) is 12.8 Å². The van der Waals surface area contributed by atoms with Crippen LogP contribution in [0, 0.1) is 0 Å². The van der Waals surface area contributed by atoms with Crippen molar-refractivity contribution in [2.75, 3.05) is 18.4 Å². The van der Waals surface area contributed by atoms with Crippen LogP contribution in [0.2, 0.25) is 0 Å². The van der Waals surface area contributed by atoms with Gasteiger partial charge in [-0.25, -0.2) is 4.79 Å². The van der Waals surface area contributed by atoms with Gasteiger partial charge in [0.1, 0.15) is 6.10 Å². The van der Waals surface area contributed by atoms with E-state index >= 15 is 0 Å². The van der Waals surface area contributed by atoms with Gasteiger partial charge in [-0.15, -0.1) is 0 Å². The summed E-state index contributed by atoms with van der Waals surface area (Å²) in [6, 6.07) is 9.32. The Bertz CT molecular complexity index is 334. The lowest BCUT2D eigenvalue weighted by Crippen LogP contribution is -2.37. The Labute approximate surface area is 95.0 Å². The fourth-order valence-electron chi connectivity index (χ4n) is 1.74. The molecular weight excluding hydrogens is 204 g/mol. The minimum absolute atomic E-state index is 0.00235. The van der Waals surface area contributed by atoms with Crippen molar-refractivity contribution in [2.45, 2.75) is 18.9 Å². The number of carbonyl (C=O) groups is 1. The Hall–Kier alpha value is -1.55. The summed E-state index contributed by atoms with van der Waals surface area (Å²) in [6.45, 7) is 1.77. The van der Waals surface area contributed by atoms with Crippen molar-refractivity contribution in [3.8, 4) is 0 Å². The van der Waals surface area contributed by atoms with Gasteiger partial charge in [-0.3, -0.25) is 5.32 Å². The zero-order chi connectivity index (χ0) is 11.2. The second-order valence-electron chi connectivity index (χ2n) is 3.86. The molecule has 2 N–H and O–H groups in total. The van der Waals surface area contributed by atoms with E-state index in [9.17, 15) is 4.79 Å². The van der Waals surface area contributed by atoms with E-state index in [2.05, 4.69) is 10.6 Å². The molecule has 1 aliphatic rings. The van der Waals surface area contributed by atoms with E-state index in [1.54, 1.807) is 0 Å². The zero-order valence-electron chi connectivity index (χ0n) is 9.11. The standard InChI is InChI=1S/C12H16N2O2/c15-12(14-10-5-2-1-3-6-10)16-11-7-4-8-13-9-11/h1-3,5-6,11,13H,4,7-9H2,(H,14,15). The summed E-state index contributed by atoms with van der Waals surface area (Å²) in [5.74, 6) is 0. The Kier molecular flexibility index (Phi) is 3.77. The van der Waals surface area contributed by atoms with Gasteiger partial charge in [0.2, 0.25) is 0 Å². The number of rotatable bonds is 2. The maximum Gasteiger partial charge on any atom is 0.411 e. The predicted molar refractivity (Wildman–Crippen MR) is 62.4 cm³/mol. The van der Waals surface area contributed by atoms with Crippen LogP contribution < -0.4 is 10.6 Å². The van der Waals surface area contributed by atoms with Crippen LogP contribution in [0.25, 0.3) is 0 Å². The minimum atomic E-state index is -0.375. The summed E-state index contributed by atoms with van der Waals surface area (Å²) in [5.41, 5.74) is 0.760. The van der Waals surface area contributed by atoms with Gasteiger partial charge in [0, 0.05) is 12.2 Å². The highest BCUT2D eigenvalue weighted by molar-refractivity contribution is 5.84. The molecule has 1 unspecified atom stereocenters. The topological polar surface area (TPSA) is 50.4 Å². The molecule has 0 aromatic heterocycles. The van der Waals surface area contributed by atoms with Crippen molar-refractivity contribution in [3.63, 3.8) is 0 Å². The number of hydrogen-bond acceptors (Lipinski definition) is 3. The largest absolute Gasteiger partial charge is 0.445 e. The molecule has 0 saturated carbocycles. The molecule has 1 saturated heterocycles. The normalized spacial score (nSPS) is 20.1. The smallest absolute Gasteiger partial charge is 0.411 e. The van der Waals surface area contributed by atoms with Crippen molar-refractivity contribution < 1.29 is 9.53 Å². The Morgan fingerprint density at radius 3 is 2.88 bits per heavy atom. The number of hydrogen-bond donors (Lipinski definition) is 2. The van der Waals surface area contributed by atoms with E-state index in [1.807, 2.05) is 30.3 Å². The quantitative estimate of drug-likeness (QED) is 0.801. The highest BCUT2D eigenvalue weighted by Gasteiger charge is 2.16. The number of ether oxygens (including phenoxy) is 1. The van der Waals surface area contributed by atoms with E-state index in [0.29, 0.717) is 0 Å². The number of amides is 1. The maximum atomic E-state index is 11.5. The molecule has 2 rings (SSSR count). The third kappa shape index (κ3) is 3.24. The molecule has 16 heavy (non-hydrogen) atoms. The lowest BCUT2D eigenvalue weighted by Gasteiger charge is -2.22. The zero-order valence-corrected chi connectivity index (χ0v) is 9.11. The van der Waals surface area contributed by atoms with Gasteiger partial charge < -0.3 is 10.1 Å². The van der Waals surface area contributed by atoms with Crippen molar-refractivity contribution in [3.05, 3.63) is 30.3 Å². The summed E-state index contributed by atoms with van der Waals surface area (Å²) in [4.78, 5) is 11.5. The van der Waals surface area contributed by atoms with Crippen LogP contribution in [0.5, 0.6) is 0 Å². The summed E-state index contributed by atoms with van der Waals surface area (Å²) in [7, 11) is 0. The molecule has 0 radical (unpaired) electrons. The molecule has 1 aliphatic heterocycles. The first kappa shape index (κ1) is 11.0. The van der Waals surface area contributed by atoms with E-state index in [-0.39, 0.29) is 12.2 Å². The summed E-state index contributed by atoms with van der Waals surface area (Å²) < 4.78 is 5.28. The van der Waals surface area contributed by atoms with E-state index < -0.39 is 0 Å². The number of benzene rings is 1. The summed E-state index contributed by atoms with van der Waals surface area (Å²) in [6.07, 6.45) is 1.62. The van der Waals surface area contributed by atoms with Gasteiger partial charge in [-0.05, 0) is 31.5 Å². The van der Waals surface area contributed by atoms with Crippen LogP contribution in [-0.4, -0.2) is 25.3 Å². The lowest BCUT2D eigenvalue weighted by atomic mass is 10.1. The monoisotopic (exact) mass is 220 g/mol. The van der Waals surface area contributed by atoms with Gasteiger partial charge in [0.15, 0.2) is 0 Å². The van der Waals surface area contributed by atoms with Crippen molar-refractivity contribution in [2.24, 2.45) is 0 Å². The second-order valence-corrected chi connectivity index (χ2v) is 3.86. The first-order chi connectivity index (χ1) is 7.84. The molecule has 1 aromatic rings. The molecular formula is C12H16N2O2. The molecule has 4 nitrogen and oxygen atoms in total. The van der Waals surface area contributed by atoms with Gasteiger partial charge in [0.05, 0.1) is 0 Å².